The van der Waals surface area contributed by atoms with Gasteiger partial charge in [0.2, 0.25) is 0 Å². The number of carbonyl (C=O) groups excluding carboxylic acids is 1. The average molecular weight is 592 g/mol. The van der Waals surface area contributed by atoms with E-state index in [-0.39, 0.29) is 5.97 Å². The highest BCUT2D eigenvalue weighted by Crippen LogP contribution is 2.38. The van der Waals surface area contributed by atoms with Crippen LogP contribution in [0, 0.1) is 0 Å². The van der Waals surface area contributed by atoms with Crippen LogP contribution in [0.3, 0.4) is 0 Å². The van der Waals surface area contributed by atoms with Crippen LogP contribution in [0.15, 0.2) is 47.0 Å². The SMILES string of the molecule is COC(=O)C1=C(SC)N(c2ccc(Cl)cc2Cl)CCC1.S=C1CCCCN1c1ccc(Cl)cc1Cl. The molecule has 0 aromatic heterocycles. The Bertz CT molecular complexity index is 1130. The van der Waals surface area contributed by atoms with Gasteiger partial charge in [-0.05, 0) is 74.8 Å². The molecule has 0 atom stereocenters. The third-order valence-corrected chi connectivity index (χ3v) is 8.02. The quantitative estimate of drug-likeness (QED) is 0.261. The molecule has 2 aliphatic rings. The van der Waals surface area contributed by atoms with Crippen molar-refractivity contribution >= 4 is 92.7 Å². The van der Waals surface area contributed by atoms with Crippen molar-refractivity contribution in [3.63, 3.8) is 0 Å². The molecule has 0 amide bonds. The van der Waals surface area contributed by atoms with E-state index in [1.165, 1.54) is 31.7 Å². The van der Waals surface area contributed by atoms with Gasteiger partial charge in [-0.3, -0.25) is 0 Å². The Morgan fingerprint density at radius 2 is 1.46 bits per heavy atom. The van der Waals surface area contributed by atoms with Crippen molar-refractivity contribution in [3.05, 3.63) is 67.1 Å². The Morgan fingerprint density at radius 1 is 0.886 bits per heavy atom. The lowest BCUT2D eigenvalue weighted by Crippen LogP contribution is -2.34. The molecule has 10 heteroatoms. The number of benzene rings is 2. The number of piperidine rings is 1. The fourth-order valence-electron chi connectivity index (χ4n) is 4.02. The van der Waals surface area contributed by atoms with Crippen molar-refractivity contribution in [2.45, 2.75) is 32.1 Å². The second-order valence-electron chi connectivity index (χ2n) is 7.93. The van der Waals surface area contributed by atoms with Gasteiger partial charge in [-0.25, -0.2) is 4.79 Å². The van der Waals surface area contributed by atoms with Gasteiger partial charge in [-0.2, -0.15) is 0 Å². The summed E-state index contributed by atoms with van der Waals surface area (Å²) in [6.45, 7) is 1.78. The topological polar surface area (TPSA) is 32.8 Å². The lowest BCUT2D eigenvalue weighted by atomic mass is 10.1. The Labute approximate surface area is 236 Å². The van der Waals surface area contributed by atoms with Gasteiger partial charge in [0.1, 0.15) is 0 Å². The number of hydrogen-bond donors (Lipinski definition) is 0. The van der Waals surface area contributed by atoms with Gasteiger partial charge in [0, 0.05) is 23.1 Å². The summed E-state index contributed by atoms with van der Waals surface area (Å²) >= 11 is 31.1. The smallest absolute Gasteiger partial charge is 0.336 e. The van der Waals surface area contributed by atoms with E-state index in [9.17, 15) is 4.79 Å². The van der Waals surface area contributed by atoms with Crippen molar-refractivity contribution in [1.82, 2.24) is 0 Å². The summed E-state index contributed by atoms with van der Waals surface area (Å²) in [5.41, 5.74) is 2.55. The van der Waals surface area contributed by atoms with Crippen LogP contribution in [0.25, 0.3) is 0 Å². The van der Waals surface area contributed by atoms with E-state index >= 15 is 0 Å². The van der Waals surface area contributed by atoms with E-state index in [1.54, 1.807) is 18.2 Å². The van der Waals surface area contributed by atoms with Crippen molar-refractivity contribution < 1.29 is 9.53 Å². The van der Waals surface area contributed by atoms with E-state index in [2.05, 4.69) is 9.80 Å². The van der Waals surface area contributed by atoms with Gasteiger partial charge < -0.3 is 14.5 Å². The zero-order valence-corrected chi connectivity index (χ0v) is 24.1. The molecule has 35 heavy (non-hydrogen) atoms. The Kier molecular flexibility index (Phi) is 10.9. The first kappa shape index (κ1) is 28.4. The van der Waals surface area contributed by atoms with Crippen LogP contribution in [-0.2, 0) is 9.53 Å². The summed E-state index contributed by atoms with van der Waals surface area (Å²) in [6, 6.07) is 10.9. The molecule has 0 aliphatic carbocycles. The Morgan fingerprint density at radius 3 is 1.97 bits per heavy atom. The molecular formula is C25H26Cl4N2O2S2. The van der Waals surface area contributed by atoms with Crippen LogP contribution >= 0.6 is 70.4 Å². The minimum Gasteiger partial charge on any atom is -0.466 e. The summed E-state index contributed by atoms with van der Waals surface area (Å²) in [7, 11) is 1.40. The maximum Gasteiger partial charge on any atom is 0.336 e. The zero-order chi connectivity index (χ0) is 25.5. The molecule has 0 N–H and O–H groups in total. The lowest BCUT2D eigenvalue weighted by Gasteiger charge is -2.32. The third kappa shape index (κ3) is 7.21. The predicted octanol–water partition coefficient (Wildman–Crippen LogP) is 8.65. The summed E-state index contributed by atoms with van der Waals surface area (Å²) in [5, 5.41) is 3.40. The van der Waals surface area contributed by atoms with Crippen LogP contribution < -0.4 is 9.80 Å². The summed E-state index contributed by atoms with van der Waals surface area (Å²) < 4.78 is 4.86. The molecular weight excluding hydrogens is 566 g/mol. The highest BCUT2D eigenvalue weighted by atomic mass is 35.5. The van der Waals surface area contributed by atoms with Crippen LogP contribution in [0.2, 0.25) is 20.1 Å². The molecule has 1 saturated heterocycles. The molecule has 0 spiro atoms. The van der Waals surface area contributed by atoms with Gasteiger partial charge in [-0.15, -0.1) is 11.8 Å². The molecule has 2 aromatic rings. The lowest BCUT2D eigenvalue weighted by molar-refractivity contribution is -0.136. The minimum absolute atomic E-state index is 0.274. The highest BCUT2D eigenvalue weighted by Gasteiger charge is 2.27. The minimum atomic E-state index is -0.274. The van der Waals surface area contributed by atoms with E-state index in [0.29, 0.717) is 25.7 Å². The maximum absolute atomic E-state index is 11.9. The van der Waals surface area contributed by atoms with Crippen molar-refractivity contribution in [2.24, 2.45) is 0 Å². The molecule has 0 unspecified atom stereocenters. The number of halogens is 4. The van der Waals surface area contributed by atoms with E-state index in [4.69, 9.17) is 63.4 Å². The second-order valence-corrected chi connectivity index (χ2v) is 10.9. The van der Waals surface area contributed by atoms with Gasteiger partial charge in [0.05, 0.1) is 44.1 Å². The number of esters is 1. The van der Waals surface area contributed by atoms with Crippen LogP contribution in [0.1, 0.15) is 32.1 Å². The van der Waals surface area contributed by atoms with Crippen molar-refractivity contribution in [3.8, 4) is 0 Å². The molecule has 0 radical (unpaired) electrons. The van der Waals surface area contributed by atoms with Crippen molar-refractivity contribution in [1.29, 1.82) is 0 Å². The number of rotatable bonds is 4. The first-order chi connectivity index (χ1) is 16.8. The first-order valence-electron chi connectivity index (χ1n) is 11.1. The largest absolute Gasteiger partial charge is 0.466 e. The number of anilines is 2. The molecule has 188 valence electrons. The highest BCUT2D eigenvalue weighted by molar-refractivity contribution is 8.02. The second kappa shape index (κ2) is 13.4. The number of ether oxygens (including phenoxy) is 1. The number of hydrogen-bond acceptors (Lipinski definition) is 5. The number of nitrogens with zero attached hydrogens (tertiary/aromatic N) is 2. The Hall–Kier alpha value is -1.15. The predicted molar refractivity (Wildman–Crippen MR) is 156 cm³/mol. The van der Waals surface area contributed by atoms with Gasteiger partial charge in [0.25, 0.3) is 0 Å². The van der Waals surface area contributed by atoms with Gasteiger partial charge >= 0.3 is 5.97 Å². The van der Waals surface area contributed by atoms with Crippen LogP contribution in [0.5, 0.6) is 0 Å². The van der Waals surface area contributed by atoms with Gasteiger partial charge in [0.15, 0.2) is 0 Å². The molecule has 2 aromatic carbocycles. The summed E-state index contributed by atoms with van der Waals surface area (Å²) in [4.78, 5) is 17.0. The number of thioether (sulfide) groups is 1. The number of thiocarbonyl (C=S) groups is 1. The van der Waals surface area contributed by atoms with E-state index in [0.717, 1.165) is 53.7 Å². The molecule has 2 heterocycles. The molecule has 2 aliphatic heterocycles. The number of carbonyl (C=O) groups is 1. The first-order valence-corrected chi connectivity index (χ1v) is 14.2. The van der Waals surface area contributed by atoms with Gasteiger partial charge in [-0.1, -0.05) is 58.6 Å². The summed E-state index contributed by atoms with van der Waals surface area (Å²) in [5.74, 6) is -0.274. The monoisotopic (exact) mass is 590 g/mol. The molecule has 1 fully saturated rings. The Balaban J connectivity index is 0.000000203. The zero-order valence-electron chi connectivity index (χ0n) is 19.5. The van der Waals surface area contributed by atoms with Crippen molar-refractivity contribution in [2.75, 3.05) is 36.3 Å². The van der Waals surface area contributed by atoms with E-state index < -0.39 is 0 Å². The standard InChI is InChI=1S/C14H15Cl2NO2S.C11H11Cl2NS/c1-19-14(18)10-4-3-7-17(13(10)20-2)12-6-5-9(15)8-11(12)16;12-8-4-5-10(9(13)7-8)14-6-2-1-3-11(14)15/h5-6,8H,3-4,7H2,1-2H3;4-5,7H,1-3,6H2. The third-order valence-electron chi connectivity index (χ3n) is 5.66. The maximum atomic E-state index is 11.9. The normalized spacial score (nSPS) is 16.1. The molecule has 0 bridgehead atoms. The molecule has 4 rings (SSSR count). The molecule has 0 saturated carbocycles. The fraction of sp³-hybridized carbons (Fsp3) is 0.360. The van der Waals surface area contributed by atoms with E-state index in [1.807, 2.05) is 24.5 Å². The average Bonchev–Trinajstić information content (AvgIpc) is 2.84. The van der Waals surface area contributed by atoms with Crippen LogP contribution in [0.4, 0.5) is 11.4 Å². The molecule has 4 nitrogen and oxygen atoms in total. The number of methoxy groups -OCH3 is 1. The summed E-state index contributed by atoms with van der Waals surface area (Å²) in [6.07, 6.45) is 6.88. The fourth-order valence-corrected chi connectivity index (χ4v) is 6.22. The van der Waals surface area contributed by atoms with Crippen LogP contribution in [-0.4, -0.2) is 37.4 Å².